The average molecular weight is 514 g/mol. The molecule has 1 aromatic carbocycles. The molecular formula is C28H28FN7O2. The number of nitriles is 1. The Morgan fingerprint density at radius 1 is 1.08 bits per heavy atom. The fraction of sp³-hybridized carbons (Fsp3) is 0.393. The van der Waals surface area contributed by atoms with Gasteiger partial charge in [0, 0.05) is 44.2 Å². The van der Waals surface area contributed by atoms with Crippen LogP contribution in [0.4, 0.5) is 10.1 Å². The molecule has 194 valence electrons. The fourth-order valence-electron chi connectivity index (χ4n) is 5.43. The second kappa shape index (κ2) is 9.33. The Kier molecular flexibility index (Phi) is 5.95. The minimum atomic E-state index is -0.334. The molecule has 38 heavy (non-hydrogen) atoms. The molecule has 10 heteroatoms. The minimum absolute atomic E-state index is 0.00999. The Morgan fingerprint density at radius 3 is 2.55 bits per heavy atom. The van der Waals surface area contributed by atoms with Gasteiger partial charge in [-0.25, -0.2) is 9.37 Å². The number of aryl methyl sites for hydroxylation is 1. The Balaban J connectivity index is 1.38. The lowest BCUT2D eigenvalue weighted by atomic mass is 9.98. The summed E-state index contributed by atoms with van der Waals surface area (Å²) < 4.78 is 21.1. The van der Waals surface area contributed by atoms with Gasteiger partial charge in [-0.2, -0.15) is 10.2 Å². The highest BCUT2D eigenvalue weighted by atomic mass is 19.1. The van der Waals surface area contributed by atoms with Gasteiger partial charge < -0.3 is 14.0 Å². The SMILES string of the molecule is CC1CN(c2cc(=O)n(C)c3ccc(C#N)nc23)[C@@H](C)CN1C(c1ccc(F)cc1)c1nc(C2CC2)no1. The van der Waals surface area contributed by atoms with Gasteiger partial charge in [0.1, 0.15) is 29.1 Å². The second-order valence-corrected chi connectivity index (χ2v) is 10.4. The zero-order chi connectivity index (χ0) is 26.6. The number of aromatic nitrogens is 4. The first-order valence-electron chi connectivity index (χ1n) is 12.9. The van der Waals surface area contributed by atoms with Crippen molar-refractivity contribution in [1.82, 2.24) is 24.6 Å². The lowest BCUT2D eigenvalue weighted by molar-refractivity contribution is 0.110. The predicted molar refractivity (Wildman–Crippen MR) is 139 cm³/mol. The molecule has 1 aliphatic carbocycles. The van der Waals surface area contributed by atoms with Crippen molar-refractivity contribution in [3.8, 4) is 6.07 Å². The van der Waals surface area contributed by atoms with Crippen LogP contribution in [0.3, 0.4) is 0 Å². The smallest absolute Gasteiger partial charge is 0.252 e. The monoisotopic (exact) mass is 513 g/mol. The molecule has 1 saturated heterocycles. The van der Waals surface area contributed by atoms with Gasteiger partial charge in [-0.3, -0.25) is 9.69 Å². The molecule has 4 heterocycles. The van der Waals surface area contributed by atoms with Gasteiger partial charge in [0.2, 0.25) is 5.89 Å². The van der Waals surface area contributed by atoms with E-state index < -0.39 is 0 Å². The second-order valence-electron chi connectivity index (χ2n) is 10.4. The van der Waals surface area contributed by atoms with Gasteiger partial charge in [0.25, 0.3) is 5.56 Å². The van der Waals surface area contributed by atoms with Crippen molar-refractivity contribution in [3.63, 3.8) is 0 Å². The van der Waals surface area contributed by atoms with Gasteiger partial charge in [-0.05, 0) is 56.5 Å². The topological polar surface area (TPSA) is 104 Å². The number of hydrogen-bond donors (Lipinski definition) is 0. The molecule has 2 aliphatic rings. The highest BCUT2D eigenvalue weighted by Gasteiger charge is 2.39. The molecule has 1 saturated carbocycles. The Bertz CT molecular complexity index is 1600. The summed E-state index contributed by atoms with van der Waals surface area (Å²) in [5.41, 5.74) is 3.06. The van der Waals surface area contributed by atoms with E-state index in [1.807, 2.05) is 0 Å². The van der Waals surface area contributed by atoms with Crippen LogP contribution in [0.1, 0.15) is 61.6 Å². The van der Waals surface area contributed by atoms with Crippen LogP contribution in [0, 0.1) is 17.1 Å². The summed E-state index contributed by atoms with van der Waals surface area (Å²) in [4.78, 5) is 26.7. The summed E-state index contributed by atoms with van der Waals surface area (Å²) in [5.74, 6) is 1.29. The van der Waals surface area contributed by atoms with Crippen LogP contribution in [-0.4, -0.2) is 49.8 Å². The molecule has 2 unspecified atom stereocenters. The number of hydrogen-bond acceptors (Lipinski definition) is 8. The van der Waals surface area contributed by atoms with Crippen molar-refractivity contribution in [3.05, 3.63) is 81.6 Å². The van der Waals surface area contributed by atoms with Crippen molar-refractivity contribution >= 4 is 16.7 Å². The Labute approximate surface area is 219 Å². The van der Waals surface area contributed by atoms with Crippen LogP contribution < -0.4 is 10.5 Å². The van der Waals surface area contributed by atoms with Gasteiger partial charge in [0.05, 0.1) is 11.2 Å². The van der Waals surface area contributed by atoms with E-state index in [9.17, 15) is 14.4 Å². The number of pyridine rings is 2. The third kappa shape index (κ3) is 4.23. The van der Waals surface area contributed by atoms with Gasteiger partial charge in [0.15, 0.2) is 5.82 Å². The number of fused-ring (bicyclic) bond motifs is 1. The summed E-state index contributed by atoms with van der Waals surface area (Å²) in [6, 6.07) is 13.2. The molecule has 4 aromatic rings. The summed E-state index contributed by atoms with van der Waals surface area (Å²) in [6.07, 6.45) is 2.14. The van der Waals surface area contributed by atoms with Crippen LogP contribution in [0.5, 0.6) is 0 Å². The first kappa shape index (κ1) is 24.2. The van der Waals surface area contributed by atoms with Crippen molar-refractivity contribution in [2.24, 2.45) is 7.05 Å². The largest absolute Gasteiger partial charge is 0.364 e. The molecule has 6 rings (SSSR count). The van der Waals surface area contributed by atoms with E-state index in [2.05, 4.69) is 39.9 Å². The number of halogens is 1. The molecular weight excluding hydrogens is 485 g/mol. The van der Waals surface area contributed by atoms with E-state index in [1.54, 1.807) is 41.9 Å². The number of piperazine rings is 1. The number of anilines is 1. The van der Waals surface area contributed by atoms with Crippen molar-refractivity contribution in [2.75, 3.05) is 18.0 Å². The molecule has 3 aromatic heterocycles. The molecule has 9 nitrogen and oxygen atoms in total. The highest BCUT2D eigenvalue weighted by molar-refractivity contribution is 5.89. The standard InChI is InChI=1S/C28H28FN7O2/c1-16-15-36(26(18-6-8-20(29)9-7-18)28-32-27(33-38-28)19-4-5-19)17(2)14-35(16)23-12-24(37)34(3)22-11-10-21(13-30)31-25(22)23/h6-12,16-17,19,26H,4-5,14-15H2,1-3H3/t16-,17?,26?/m0/s1. The third-order valence-electron chi connectivity index (χ3n) is 7.68. The first-order chi connectivity index (χ1) is 18.3. The van der Waals surface area contributed by atoms with E-state index in [1.165, 1.54) is 12.1 Å². The highest BCUT2D eigenvalue weighted by Crippen LogP contribution is 2.40. The molecule has 0 bridgehead atoms. The molecule has 0 spiro atoms. The van der Waals surface area contributed by atoms with Gasteiger partial charge >= 0.3 is 0 Å². The average Bonchev–Trinajstić information content (AvgIpc) is 3.66. The van der Waals surface area contributed by atoms with Crippen molar-refractivity contribution in [2.45, 2.75) is 50.7 Å². The van der Waals surface area contributed by atoms with E-state index in [4.69, 9.17) is 9.51 Å². The van der Waals surface area contributed by atoms with Crippen LogP contribution in [0.2, 0.25) is 0 Å². The maximum absolute atomic E-state index is 13.8. The zero-order valence-corrected chi connectivity index (χ0v) is 21.5. The van der Waals surface area contributed by atoms with Crippen LogP contribution in [0.15, 0.2) is 51.8 Å². The summed E-state index contributed by atoms with van der Waals surface area (Å²) >= 11 is 0. The molecule has 2 fully saturated rings. The molecule has 1 aliphatic heterocycles. The summed E-state index contributed by atoms with van der Waals surface area (Å²) in [5, 5.41) is 13.7. The quantitative estimate of drug-likeness (QED) is 0.396. The molecule has 0 amide bonds. The number of benzene rings is 1. The number of nitrogens with zero attached hydrogens (tertiary/aromatic N) is 7. The lowest BCUT2D eigenvalue weighted by Crippen LogP contribution is -2.57. The lowest BCUT2D eigenvalue weighted by Gasteiger charge is -2.47. The van der Waals surface area contributed by atoms with E-state index in [-0.39, 0.29) is 29.5 Å². The summed E-state index contributed by atoms with van der Waals surface area (Å²) in [6.45, 7) is 5.44. The Morgan fingerprint density at radius 2 is 1.84 bits per heavy atom. The van der Waals surface area contributed by atoms with Crippen LogP contribution in [-0.2, 0) is 7.05 Å². The first-order valence-corrected chi connectivity index (χ1v) is 12.9. The maximum Gasteiger partial charge on any atom is 0.252 e. The minimum Gasteiger partial charge on any atom is -0.364 e. The van der Waals surface area contributed by atoms with Gasteiger partial charge in [-0.15, -0.1) is 0 Å². The maximum atomic E-state index is 13.8. The van der Waals surface area contributed by atoms with E-state index >= 15 is 0 Å². The van der Waals surface area contributed by atoms with E-state index in [0.29, 0.717) is 47.3 Å². The molecule has 3 atom stereocenters. The van der Waals surface area contributed by atoms with Crippen LogP contribution in [0.25, 0.3) is 11.0 Å². The zero-order valence-electron chi connectivity index (χ0n) is 21.5. The van der Waals surface area contributed by atoms with Gasteiger partial charge in [-0.1, -0.05) is 17.3 Å². The molecule has 0 radical (unpaired) electrons. The van der Waals surface area contributed by atoms with Crippen molar-refractivity contribution < 1.29 is 8.91 Å². The third-order valence-corrected chi connectivity index (χ3v) is 7.68. The Hall–Kier alpha value is -4.10. The summed E-state index contributed by atoms with van der Waals surface area (Å²) in [7, 11) is 1.71. The fourth-order valence-corrected chi connectivity index (χ4v) is 5.43. The number of rotatable bonds is 5. The van der Waals surface area contributed by atoms with Crippen LogP contribution >= 0.6 is 0 Å². The predicted octanol–water partition coefficient (Wildman–Crippen LogP) is 3.89. The van der Waals surface area contributed by atoms with E-state index in [0.717, 1.165) is 24.2 Å². The molecule has 0 N–H and O–H groups in total. The normalized spacial score (nSPS) is 21.0. The van der Waals surface area contributed by atoms with Crippen molar-refractivity contribution in [1.29, 1.82) is 5.26 Å².